The second-order valence-corrected chi connectivity index (χ2v) is 7.15. The van der Waals surface area contributed by atoms with E-state index in [9.17, 15) is 14.4 Å². The van der Waals surface area contributed by atoms with Gasteiger partial charge in [-0.05, 0) is 48.5 Å². The minimum absolute atomic E-state index is 0.0941. The number of pyridine rings is 1. The first-order valence-electron chi connectivity index (χ1n) is 10.5. The van der Waals surface area contributed by atoms with Crippen molar-refractivity contribution < 1.29 is 23.9 Å². The summed E-state index contributed by atoms with van der Waals surface area (Å²) < 4.78 is 11.0. The molecule has 8 nitrogen and oxygen atoms in total. The number of carbonyl (C=O) groups excluding carboxylic acids is 3. The molecule has 0 fully saturated rings. The quantitative estimate of drug-likeness (QED) is 0.189. The van der Waals surface area contributed by atoms with Crippen LogP contribution >= 0.6 is 0 Å². The van der Waals surface area contributed by atoms with E-state index < -0.39 is 17.8 Å². The van der Waals surface area contributed by atoms with Gasteiger partial charge in [0.15, 0.2) is 0 Å². The van der Waals surface area contributed by atoms with Crippen LogP contribution in [0.2, 0.25) is 0 Å². The molecule has 0 saturated heterocycles. The van der Waals surface area contributed by atoms with Gasteiger partial charge in [-0.1, -0.05) is 36.4 Å². The SMILES string of the molecule is O=C(NN=Cc1ccc(OC(=O)c2ccccc2)cc1OC(=O)c1ccccc1)c1cccnc1. The minimum atomic E-state index is -0.605. The van der Waals surface area contributed by atoms with Crippen molar-refractivity contribution in [1.82, 2.24) is 10.4 Å². The summed E-state index contributed by atoms with van der Waals surface area (Å²) in [6.45, 7) is 0. The van der Waals surface area contributed by atoms with E-state index in [0.717, 1.165) is 0 Å². The van der Waals surface area contributed by atoms with Crippen LogP contribution in [0.4, 0.5) is 0 Å². The first-order valence-corrected chi connectivity index (χ1v) is 10.5. The molecule has 4 aromatic rings. The van der Waals surface area contributed by atoms with E-state index in [4.69, 9.17) is 9.47 Å². The average molecular weight is 465 g/mol. The van der Waals surface area contributed by atoms with Gasteiger partial charge in [0.25, 0.3) is 5.91 Å². The number of carbonyl (C=O) groups is 3. The Balaban J connectivity index is 1.56. The summed E-state index contributed by atoms with van der Waals surface area (Å²) in [6, 6.07) is 24.7. The van der Waals surface area contributed by atoms with Crippen LogP contribution in [0, 0.1) is 0 Å². The number of ether oxygens (including phenoxy) is 2. The number of aromatic nitrogens is 1. The van der Waals surface area contributed by atoms with E-state index in [1.807, 2.05) is 0 Å². The molecule has 0 radical (unpaired) electrons. The molecule has 4 rings (SSSR count). The number of hydrogen-bond acceptors (Lipinski definition) is 7. The highest BCUT2D eigenvalue weighted by Crippen LogP contribution is 2.25. The number of esters is 2. The molecule has 0 saturated carbocycles. The van der Waals surface area contributed by atoms with Gasteiger partial charge >= 0.3 is 11.9 Å². The van der Waals surface area contributed by atoms with Gasteiger partial charge in [0.05, 0.1) is 22.9 Å². The van der Waals surface area contributed by atoms with E-state index in [2.05, 4.69) is 15.5 Å². The fraction of sp³-hybridized carbons (Fsp3) is 0. The molecule has 0 bridgehead atoms. The molecule has 35 heavy (non-hydrogen) atoms. The van der Waals surface area contributed by atoms with Crippen molar-refractivity contribution in [3.63, 3.8) is 0 Å². The number of hydrazone groups is 1. The highest BCUT2D eigenvalue weighted by Gasteiger charge is 2.15. The van der Waals surface area contributed by atoms with Gasteiger partial charge < -0.3 is 9.47 Å². The highest BCUT2D eigenvalue weighted by atomic mass is 16.5. The number of benzene rings is 3. The molecule has 0 aliphatic heterocycles. The molecule has 0 spiro atoms. The van der Waals surface area contributed by atoms with Gasteiger partial charge in [-0.3, -0.25) is 9.78 Å². The third-order valence-corrected chi connectivity index (χ3v) is 4.71. The van der Waals surface area contributed by atoms with E-state index in [0.29, 0.717) is 22.3 Å². The largest absolute Gasteiger partial charge is 0.423 e. The number of rotatable bonds is 7. The van der Waals surface area contributed by atoms with Crippen LogP contribution in [0.3, 0.4) is 0 Å². The fourth-order valence-electron chi connectivity index (χ4n) is 2.97. The summed E-state index contributed by atoms with van der Waals surface area (Å²) in [5.41, 5.74) is 3.82. The minimum Gasteiger partial charge on any atom is -0.423 e. The van der Waals surface area contributed by atoms with Gasteiger partial charge in [0, 0.05) is 24.0 Å². The summed E-state index contributed by atoms with van der Waals surface area (Å²) in [7, 11) is 0. The Bertz CT molecular complexity index is 1360. The van der Waals surface area contributed by atoms with Crippen molar-refractivity contribution in [2.45, 2.75) is 0 Å². The lowest BCUT2D eigenvalue weighted by Crippen LogP contribution is -2.18. The molecular weight excluding hydrogens is 446 g/mol. The molecule has 1 N–H and O–H groups in total. The number of nitrogens with one attached hydrogen (secondary N) is 1. The third kappa shape index (κ3) is 6.23. The van der Waals surface area contributed by atoms with Crippen LogP contribution in [0.5, 0.6) is 11.5 Å². The van der Waals surface area contributed by atoms with Crippen LogP contribution in [-0.4, -0.2) is 29.0 Å². The Morgan fingerprint density at radius 2 is 1.37 bits per heavy atom. The Labute approximate surface area is 200 Å². The Kier molecular flexibility index (Phi) is 7.35. The van der Waals surface area contributed by atoms with Gasteiger partial charge in [-0.25, -0.2) is 15.0 Å². The summed E-state index contributed by atoms with van der Waals surface area (Å²) >= 11 is 0. The van der Waals surface area contributed by atoms with E-state index in [1.165, 1.54) is 24.5 Å². The van der Waals surface area contributed by atoms with Gasteiger partial charge in [0.1, 0.15) is 11.5 Å². The monoisotopic (exact) mass is 465 g/mol. The summed E-state index contributed by atoms with van der Waals surface area (Å²) in [4.78, 5) is 41.1. The molecule has 0 unspecified atom stereocenters. The van der Waals surface area contributed by atoms with Crippen LogP contribution in [0.1, 0.15) is 36.6 Å². The molecule has 1 heterocycles. The van der Waals surface area contributed by atoms with Crippen LogP contribution in [-0.2, 0) is 0 Å². The van der Waals surface area contributed by atoms with Crippen LogP contribution in [0.15, 0.2) is 108 Å². The lowest BCUT2D eigenvalue weighted by atomic mass is 10.2. The molecule has 1 aromatic heterocycles. The average Bonchev–Trinajstić information content (AvgIpc) is 2.91. The fourth-order valence-corrected chi connectivity index (χ4v) is 2.97. The smallest absolute Gasteiger partial charge is 0.343 e. The second kappa shape index (κ2) is 11.2. The van der Waals surface area contributed by atoms with Gasteiger partial charge in [0.2, 0.25) is 0 Å². The molecule has 0 atom stereocenters. The molecule has 3 aromatic carbocycles. The lowest BCUT2D eigenvalue weighted by molar-refractivity contribution is 0.0732. The molecule has 0 aliphatic carbocycles. The predicted octanol–water partition coefficient (Wildman–Crippen LogP) is 4.28. The van der Waals surface area contributed by atoms with Crippen molar-refractivity contribution in [1.29, 1.82) is 0 Å². The maximum Gasteiger partial charge on any atom is 0.343 e. The van der Waals surface area contributed by atoms with Crippen molar-refractivity contribution in [2.24, 2.45) is 5.10 Å². The zero-order valence-corrected chi connectivity index (χ0v) is 18.3. The molecular formula is C27H19N3O5. The molecule has 1 amide bonds. The number of nitrogens with zero attached hydrogens (tertiary/aromatic N) is 2. The number of hydrogen-bond donors (Lipinski definition) is 1. The zero-order chi connectivity index (χ0) is 24.5. The molecule has 172 valence electrons. The van der Waals surface area contributed by atoms with Crippen molar-refractivity contribution in [2.75, 3.05) is 0 Å². The van der Waals surface area contributed by atoms with Crippen LogP contribution in [0.25, 0.3) is 0 Å². The third-order valence-electron chi connectivity index (χ3n) is 4.71. The molecule has 8 heteroatoms. The Morgan fingerprint density at radius 1 is 0.743 bits per heavy atom. The Morgan fingerprint density at radius 3 is 2.00 bits per heavy atom. The van der Waals surface area contributed by atoms with Crippen LogP contribution < -0.4 is 14.9 Å². The normalized spacial score (nSPS) is 10.5. The zero-order valence-electron chi connectivity index (χ0n) is 18.3. The van der Waals surface area contributed by atoms with Crippen molar-refractivity contribution in [3.8, 4) is 11.5 Å². The lowest BCUT2D eigenvalue weighted by Gasteiger charge is -2.10. The first-order chi connectivity index (χ1) is 17.1. The van der Waals surface area contributed by atoms with E-state index >= 15 is 0 Å². The first kappa shape index (κ1) is 23.1. The summed E-state index contributed by atoms with van der Waals surface area (Å²) in [6.07, 6.45) is 4.29. The Hall–Kier alpha value is -5.11. The summed E-state index contributed by atoms with van der Waals surface area (Å²) in [5.74, 6) is -1.35. The topological polar surface area (TPSA) is 107 Å². The summed E-state index contributed by atoms with van der Waals surface area (Å²) in [5, 5.41) is 3.95. The maximum atomic E-state index is 12.6. The van der Waals surface area contributed by atoms with Crippen molar-refractivity contribution in [3.05, 3.63) is 126 Å². The predicted molar refractivity (Wildman–Crippen MR) is 129 cm³/mol. The van der Waals surface area contributed by atoms with Crippen molar-refractivity contribution >= 4 is 24.1 Å². The van der Waals surface area contributed by atoms with E-state index in [1.54, 1.807) is 85.1 Å². The highest BCUT2D eigenvalue weighted by molar-refractivity contribution is 5.96. The maximum absolute atomic E-state index is 12.6. The van der Waals surface area contributed by atoms with Gasteiger partial charge in [-0.2, -0.15) is 5.10 Å². The molecule has 0 aliphatic rings. The second-order valence-electron chi connectivity index (χ2n) is 7.15. The standard InChI is InChI=1S/C27H19N3O5/c31-25(22-12-7-15-28-17-22)30-29-18-21-13-14-23(34-26(32)19-8-3-1-4-9-19)16-24(21)35-27(33)20-10-5-2-6-11-20/h1-18H,(H,30,31). The number of amides is 1. The van der Waals surface area contributed by atoms with E-state index in [-0.39, 0.29) is 11.5 Å². The van der Waals surface area contributed by atoms with Gasteiger partial charge in [-0.15, -0.1) is 0 Å².